The monoisotopic (exact) mass is 262 g/mol. The Labute approximate surface area is 106 Å². The molecule has 3 aromatic rings. The molecule has 0 saturated heterocycles. The average molecular weight is 262 g/mol. The fourth-order valence-corrected chi connectivity index (χ4v) is 3.13. The van der Waals surface area contributed by atoms with Gasteiger partial charge in [-0.25, -0.2) is 4.98 Å². The molecule has 3 aromatic heterocycles. The number of nitrogens with zero attached hydrogens (tertiary/aromatic N) is 3. The Hall–Kier alpha value is -1.66. The predicted octanol–water partition coefficient (Wildman–Crippen LogP) is 2.95. The first-order chi connectivity index (χ1) is 8.24. The molecule has 0 radical (unpaired) electrons. The van der Waals surface area contributed by atoms with E-state index in [9.17, 15) is 0 Å². The van der Waals surface area contributed by atoms with Crippen molar-refractivity contribution in [3.63, 3.8) is 0 Å². The summed E-state index contributed by atoms with van der Waals surface area (Å²) in [6, 6.07) is 5.92. The number of anilines is 1. The van der Waals surface area contributed by atoms with E-state index in [1.165, 1.54) is 0 Å². The first kappa shape index (κ1) is 10.5. The van der Waals surface area contributed by atoms with Gasteiger partial charge in [0.15, 0.2) is 0 Å². The molecule has 17 heavy (non-hydrogen) atoms. The van der Waals surface area contributed by atoms with Crippen molar-refractivity contribution >= 4 is 28.5 Å². The molecule has 0 bridgehead atoms. The molecule has 0 amide bonds. The number of aromatic nitrogens is 3. The molecule has 4 nitrogen and oxygen atoms in total. The number of hydrogen-bond acceptors (Lipinski definition) is 5. The number of thiophene rings is 1. The second kappa shape index (κ2) is 3.97. The van der Waals surface area contributed by atoms with Gasteiger partial charge in [-0.05, 0) is 18.4 Å². The number of aryl methyl sites for hydroxylation is 1. The minimum absolute atomic E-state index is 0.620. The van der Waals surface area contributed by atoms with Crippen LogP contribution in [0.15, 0.2) is 29.0 Å². The van der Waals surface area contributed by atoms with Gasteiger partial charge in [0.2, 0.25) is 5.13 Å². The topological polar surface area (TPSA) is 56.7 Å². The Morgan fingerprint density at radius 1 is 1.35 bits per heavy atom. The molecular weight excluding hydrogens is 252 g/mol. The molecule has 0 fully saturated rings. The Kier molecular flexibility index (Phi) is 2.45. The van der Waals surface area contributed by atoms with Crippen LogP contribution in [0.2, 0.25) is 0 Å². The SMILES string of the molecule is Cc1cc(N)n(-c2nc(-c3cccs3)cs2)n1. The van der Waals surface area contributed by atoms with Crippen molar-refractivity contribution in [3.8, 4) is 15.7 Å². The second-order valence-corrected chi connectivity index (χ2v) is 5.40. The number of thiazole rings is 1. The van der Waals surface area contributed by atoms with E-state index < -0.39 is 0 Å². The molecule has 3 heterocycles. The van der Waals surface area contributed by atoms with Gasteiger partial charge in [0.1, 0.15) is 5.82 Å². The fraction of sp³-hybridized carbons (Fsp3) is 0.0909. The van der Waals surface area contributed by atoms with Crippen LogP contribution in [0.5, 0.6) is 0 Å². The van der Waals surface area contributed by atoms with Crippen molar-refractivity contribution in [1.82, 2.24) is 14.8 Å². The van der Waals surface area contributed by atoms with Crippen molar-refractivity contribution in [2.45, 2.75) is 6.92 Å². The van der Waals surface area contributed by atoms with Crippen LogP contribution in [-0.4, -0.2) is 14.8 Å². The molecule has 0 aliphatic heterocycles. The third-order valence-electron chi connectivity index (χ3n) is 2.31. The third-order valence-corrected chi connectivity index (χ3v) is 4.01. The normalized spacial score (nSPS) is 10.9. The maximum Gasteiger partial charge on any atom is 0.212 e. The van der Waals surface area contributed by atoms with Gasteiger partial charge in [0.05, 0.1) is 16.3 Å². The Bertz CT molecular complexity index is 636. The summed E-state index contributed by atoms with van der Waals surface area (Å²) in [5.41, 5.74) is 7.75. The van der Waals surface area contributed by atoms with Crippen LogP contribution in [-0.2, 0) is 0 Å². The van der Waals surface area contributed by atoms with Gasteiger partial charge in [-0.2, -0.15) is 9.78 Å². The van der Waals surface area contributed by atoms with Gasteiger partial charge in [-0.15, -0.1) is 22.7 Å². The minimum atomic E-state index is 0.620. The van der Waals surface area contributed by atoms with E-state index in [4.69, 9.17) is 5.73 Å². The zero-order valence-corrected chi connectivity index (χ0v) is 10.8. The molecule has 0 aromatic carbocycles. The summed E-state index contributed by atoms with van der Waals surface area (Å²) in [5.74, 6) is 0.620. The lowest BCUT2D eigenvalue weighted by Crippen LogP contribution is -2.00. The van der Waals surface area contributed by atoms with Crippen molar-refractivity contribution in [2.24, 2.45) is 0 Å². The molecule has 0 spiro atoms. The van der Waals surface area contributed by atoms with Crippen LogP contribution in [0.25, 0.3) is 15.7 Å². The molecule has 6 heteroatoms. The molecule has 0 aliphatic rings. The predicted molar refractivity (Wildman–Crippen MR) is 71.7 cm³/mol. The summed E-state index contributed by atoms with van der Waals surface area (Å²) in [6.07, 6.45) is 0. The second-order valence-electron chi connectivity index (χ2n) is 3.62. The summed E-state index contributed by atoms with van der Waals surface area (Å²) in [6.45, 7) is 1.92. The van der Waals surface area contributed by atoms with E-state index in [0.717, 1.165) is 21.4 Å². The zero-order chi connectivity index (χ0) is 11.8. The lowest BCUT2D eigenvalue weighted by Gasteiger charge is -1.96. The van der Waals surface area contributed by atoms with Crippen LogP contribution in [0.3, 0.4) is 0 Å². The molecule has 86 valence electrons. The lowest BCUT2D eigenvalue weighted by atomic mass is 10.4. The lowest BCUT2D eigenvalue weighted by molar-refractivity contribution is 0.863. The van der Waals surface area contributed by atoms with Crippen LogP contribution < -0.4 is 5.73 Å². The van der Waals surface area contributed by atoms with Gasteiger partial charge >= 0.3 is 0 Å². The van der Waals surface area contributed by atoms with E-state index in [1.54, 1.807) is 27.4 Å². The van der Waals surface area contributed by atoms with Crippen LogP contribution >= 0.6 is 22.7 Å². The third kappa shape index (κ3) is 1.85. The molecule has 0 aliphatic carbocycles. The van der Waals surface area contributed by atoms with E-state index >= 15 is 0 Å². The van der Waals surface area contributed by atoms with E-state index in [2.05, 4.69) is 16.1 Å². The van der Waals surface area contributed by atoms with E-state index in [1.807, 2.05) is 29.8 Å². The number of nitrogens with two attached hydrogens (primary N) is 1. The smallest absolute Gasteiger partial charge is 0.212 e. The zero-order valence-electron chi connectivity index (χ0n) is 9.12. The van der Waals surface area contributed by atoms with Crippen LogP contribution in [0.4, 0.5) is 5.82 Å². The standard InChI is InChI=1S/C11H10N4S2/c1-7-5-10(12)15(14-7)11-13-8(6-17-11)9-3-2-4-16-9/h2-6H,12H2,1H3. The molecular formula is C11H10N4S2. The summed E-state index contributed by atoms with van der Waals surface area (Å²) in [4.78, 5) is 5.71. The summed E-state index contributed by atoms with van der Waals surface area (Å²) < 4.78 is 1.68. The van der Waals surface area contributed by atoms with Crippen molar-refractivity contribution in [1.29, 1.82) is 0 Å². The average Bonchev–Trinajstić information content (AvgIpc) is 2.97. The van der Waals surface area contributed by atoms with Gasteiger partial charge < -0.3 is 5.73 Å². The molecule has 0 saturated carbocycles. The Morgan fingerprint density at radius 2 is 2.24 bits per heavy atom. The maximum atomic E-state index is 5.87. The highest BCUT2D eigenvalue weighted by molar-refractivity contribution is 7.15. The van der Waals surface area contributed by atoms with Gasteiger partial charge in [-0.3, -0.25) is 0 Å². The molecule has 2 N–H and O–H groups in total. The summed E-state index contributed by atoms with van der Waals surface area (Å²) in [7, 11) is 0. The van der Waals surface area contributed by atoms with Gasteiger partial charge in [0.25, 0.3) is 0 Å². The molecule has 3 rings (SSSR count). The minimum Gasteiger partial charge on any atom is -0.383 e. The van der Waals surface area contributed by atoms with Gasteiger partial charge in [0, 0.05) is 11.4 Å². The van der Waals surface area contributed by atoms with E-state index in [-0.39, 0.29) is 0 Å². The molecule has 0 unspecified atom stereocenters. The van der Waals surface area contributed by atoms with Crippen LogP contribution in [0, 0.1) is 6.92 Å². The Morgan fingerprint density at radius 3 is 2.88 bits per heavy atom. The quantitative estimate of drug-likeness (QED) is 0.772. The first-order valence-electron chi connectivity index (χ1n) is 5.06. The summed E-state index contributed by atoms with van der Waals surface area (Å²) in [5, 5.41) is 9.19. The summed E-state index contributed by atoms with van der Waals surface area (Å²) >= 11 is 3.22. The van der Waals surface area contributed by atoms with Crippen molar-refractivity contribution in [2.75, 3.05) is 5.73 Å². The van der Waals surface area contributed by atoms with Crippen molar-refractivity contribution in [3.05, 3.63) is 34.7 Å². The van der Waals surface area contributed by atoms with Gasteiger partial charge in [-0.1, -0.05) is 6.07 Å². The Balaban J connectivity index is 2.03. The van der Waals surface area contributed by atoms with E-state index in [0.29, 0.717) is 5.82 Å². The van der Waals surface area contributed by atoms with Crippen molar-refractivity contribution < 1.29 is 0 Å². The maximum absolute atomic E-state index is 5.87. The highest BCUT2D eigenvalue weighted by atomic mass is 32.1. The number of hydrogen-bond donors (Lipinski definition) is 1. The van der Waals surface area contributed by atoms with Crippen LogP contribution in [0.1, 0.15) is 5.69 Å². The highest BCUT2D eigenvalue weighted by Gasteiger charge is 2.10. The highest BCUT2D eigenvalue weighted by Crippen LogP contribution is 2.28. The largest absolute Gasteiger partial charge is 0.383 e. The fourth-order valence-electron chi connectivity index (χ4n) is 1.57. The molecule has 0 atom stereocenters. The number of rotatable bonds is 2. The first-order valence-corrected chi connectivity index (χ1v) is 6.82. The number of nitrogen functional groups attached to an aromatic ring is 1.